The van der Waals surface area contributed by atoms with E-state index in [0.717, 1.165) is 41.7 Å². The van der Waals surface area contributed by atoms with Gasteiger partial charge in [0.15, 0.2) is 0 Å². The Morgan fingerprint density at radius 3 is 2.65 bits per heavy atom. The number of nitrogens with zero attached hydrogens (tertiary/aromatic N) is 6. The lowest BCUT2D eigenvalue weighted by Gasteiger charge is -2.11. The van der Waals surface area contributed by atoms with Crippen LogP contribution in [-0.4, -0.2) is 29.8 Å². The third-order valence-corrected chi connectivity index (χ3v) is 6.54. The number of benzene rings is 3. The number of tetrazole rings is 1. The van der Waals surface area contributed by atoms with Crippen LogP contribution in [0.2, 0.25) is 5.02 Å². The molecule has 3 heterocycles. The maximum Gasteiger partial charge on any atom is 0.138 e. The fourth-order valence-electron chi connectivity index (χ4n) is 4.56. The molecule has 6 aromatic rings. The Morgan fingerprint density at radius 2 is 1.76 bits per heavy atom. The minimum Gasteiger partial charge on any atom is -0.343 e. The number of pyridine rings is 1. The van der Waals surface area contributed by atoms with Gasteiger partial charge in [-0.25, -0.2) is 9.67 Å². The first-order valence-corrected chi connectivity index (χ1v) is 12.2. The Bertz CT molecular complexity index is 1690. The molecule has 6 nitrogen and oxygen atoms in total. The third-order valence-electron chi connectivity index (χ3n) is 6.30. The quantitative estimate of drug-likeness (QED) is 0.232. The Kier molecular flexibility index (Phi) is 7.30. The number of aromatic nitrogens is 6. The number of para-hydroxylation sites is 1. The van der Waals surface area contributed by atoms with E-state index in [1.54, 1.807) is 11.0 Å². The van der Waals surface area contributed by atoms with Crippen molar-refractivity contribution in [3.8, 4) is 0 Å². The average molecular weight is 527 g/mol. The molecule has 0 atom stereocenters. The van der Waals surface area contributed by atoms with Crippen molar-refractivity contribution in [2.75, 3.05) is 0 Å². The predicted molar refractivity (Wildman–Crippen MR) is 152 cm³/mol. The summed E-state index contributed by atoms with van der Waals surface area (Å²) in [5, 5.41) is 14.5. The first-order valence-electron chi connectivity index (χ1n) is 11.8. The van der Waals surface area contributed by atoms with Crippen molar-refractivity contribution in [3.05, 3.63) is 119 Å². The molecule has 0 spiro atoms. The number of halogens is 2. The lowest BCUT2D eigenvalue weighted by atomic mass is 10.1. The first kappa shape index (κ1) is 24.7. The summed E-state index contributed by atoms with van der Waals surface area (Å²) in [6.45, 7) is 1.53. The summed E-state index contributed by atoms with van der Waals surface area (Å²) in [5.41, 5.74) is 6.71. The largest absolute Gasteiger partial charge is 0.343 e. The number of rotatable bonds is 7. The zero-order valence-electron chi connectivity index (χ0n) is 19.9. The molecule has 0 bridgehead atoms. The fraction of sp³-hybridized carbons (Fsp3) is 0.103. The smallest absolute Gasteiger partial charge is 0.138 e. The predicted octanol–water partition coefficient (Wildman–Crippen LogP) is 6.71. The number of fused-ring (bicyclic) bond motifs is 2. The molecular formula is C29H24Cl2N6. The van der Waals surface area contributed by atoms with Gasteiger partial charge in [0.2, 0.25) is 0 Å². The number of aryl methyl sites for hydroxylation is 2. The van der Waals surface area contributed by atoms with Crippen molar-refractivity contribution in [2.24, 2.45) is 0 Å². The summed E-state index contributed by atoms with van der Waals surface area (Å²) in [6, 6.07) is 27.1. The van der Waals surface area contributed by atoms with Crippen LogP contribution in [0.3, 0.4) is 0 Å². The number of hydrogen-bond donors (Lipinski definition) is 0. The minimum atomic E-state index is 0. The maximum atomic E-state index is 6.14. The lowest BCUT2D eigenvalue weighted by Crippen LogP contribution is -2.05. The Balaban J connectivity index is 0.00000280. The highest BCUT2D eigenvalue weighted by molar-refractivity contribution is 6.31. The molecule has 0 aliphatic carbocycles. The molecule has 0 aliphatic rings. The van der Waals surface area contributed by atoms with Crippen molar-refractivity contribution < 1.29 is 0 Å². The van der Waals surface area contributed by atoms with Gasteiger partial charge in [-0.2, -0.15) is 0 Å². The van der Waals surface area contributed by atoms with E-state index in [-0.39, 0.29) is 12.4 Å². The van der Waals surface area contributed by atoms with Gasteiger partial charge in [-0.3, -0.25) is 0 Å². The van der Waals surface area contributed by atoms with Crippen LogP contribution in [0.25, 0.3) is 34.0 Å². The van der Waals surface area contributed by atoms with Crippen LogP contribution >= 0.6 is 24.0 Å². The van der Waals surface area contributed by atoms with E-state index in [2.05, 4.69) is 87.0 Å². The molecule has 0 N–H and O–H groups in total. The summed E-state index contributed by atoms with van der Waals surface area (Å²) in [7, 11) is 0. The van der Waals surface area contributed by atoms with Crippen LogP contribution in [0.15, 0.2) is 91.4 Å². The lowest BCUT2D eigenvalue weighted by molar-refractivity contribution is 0.589. The number of hydrogen-bond acceptors (Lipinski definition) is 4. The summed E-state index contributed by atoms with van der Waals surface area (Å²) in [5.74, 6) is 0. The molecule has 0 radical (unpaired) electrons. The van der Waals surface area contributed by atoms with Crippen molar-refractivity contribution in [1.29, 1.82) is 0 Å². The highest BCUT2D eigenvalue weighted by Gasteiger charge is 2.08. The van der Waals surface area contributed by atoms with Gasteiger partial charge in [-0.1, -0.05) is 66.2 Å². The van der Waals surface area contributed by atoms with E-state index in [4.69, 9.17) is 16.6 Å². The zero-order chi connectivity index (χ0) is 24.3. The zero-order valence-corrected chi connectivity index (χ0v) is 21.5. The van der Waals surface area contributed by atoms with Gasteiger partial charge < -0.3 is 4.57 Å². The molecule has 8 heteroatoms. The second kappa shape index (κ2) is 10.9. The Labute approximate surface area is 225 Å². The van der Waals surface area contributed by atoms with E-state index in [9.17, 15) is 0 Å². The molecule has 0 amide bonds. The van der Waals surface area contributed by atoms with E-state index in [0.29, 0.717) is 5.02 Å². The van der Waals surface area contributed by atoms with Crippen LogP contribution in [-0.2, 0) is 19.5 Å². The van der Waals surface area contributed by atoms with Gasteiger partial charge in [0.1, 0.15) is 6.33 Å². The molecular weight excluding hydrogens is 503 g/mol. The summed E-state index contributed by atoms with van der Waals surface area (Å²) in [6.07, 6.45) is 8.83. The van der Waals surface area contributed by atoms with E-state index >= 15 is 0 Å². The molecule has 3 aromatic carbocycles. The van der Waals surface area contributed by atoms with Crippen LogP contribution < -0.4 is 0 Å². The van der Waals surface area contributed by atoms with Crippen LogP contribution in [0.5, 0.6) is 0 Å². The highest BCUT2D eigenvalue weighted by atomic mass is 35.5. The third kappa shape index (κ3) is 5.56. The topological polar surface area (TPSA) is 61.4 Å². The average Bonchev–Trinajstić information content (AvgIpc) is 3.57. The molecule has 0 saturated carbocycles. The summed E-state index contributed by atoms with van der Waals surface area (Å²) < 4.78 is 4.09. The SMILES string of the molecule is Cl.Clc1ccc2ccc(/C=C/c3cccc(Cn4ccc5cccc(CCn6cnnn6)c54)c3)nc2c1. The normalized spacial score (nSPS) is 11.4. The van der Waals surface area contributed by atoms with E-state index in [1.165, 1.54) is 22.0 Å². The van der Waals surface area contributed by atoms with Crippen LogP contribution in [0, 0.1) is 0 Å². The molecule has 0 saturated heterocycles. The highest BCUT2D eigenvalue weighted by Crippen LogP contribution is 2.23. The monoisotopic (exact) mass is 526 g/mol. The molecule has 0 fully saturated rings. The second-order valence-corrected chi connectivity index (χ2v) is 9.21. The minimum absolute atomic E-state index is 0. The van der Waals surface area contributed by atoms with Crippen molar-refractivity contribution in [1.82, 2.24) is 29.8 Å². The Morgan fingerprint density at radius 1 is 0.865 bits per heavy atom. The standard InChI is InChI=1S/C29H23ClN6.ClH/c30-26-10-8-23-9-12-27(32-28(23)18-26)11-7-21-3-1-4-22(17-21)19-35-15-13-24-5-2-6-25(29(24)35)14-16-36-20-31-33-34-36;/h1-13,15,17-18,20H,14,16,19H2;1H/b11-7+;. The Hall–Kier alpha value is -4.00. The summed E-state index contributed by atoms with van der Waals surface area (Å²) >= 11 is 6.14. The van der Waals surface area contributed by atoms with Crippen molar-refractivity contribution in [3.63, 3.8) is 0 Å². The summed E-state index contributed by atoms with van der Waals surface area (Å²) in [4.78, 5) is 4.72. The molecule has 37 heavy (non-hydrogen) atoms. The molecule has 0 aliphatic heterocycles. The second-order valence-electron chi connectivity index (χ2n) is 8.77. The van der Waals surface area contributed by atoms with Gasteiger partial charge in [-0.05, 0) is 75.3 Å². The molecule has 0 unspecified atom stereocenters. The van der Waals surface area contributed by atoms with E-state index < -0.39 is 0 Å². The van der Waals surface area contributed by atoms with Crippen LogP contribution in [0.4, 0.5) is 0 Å². The van der Waals surface area contributed by atoms with E-state index in [1.807, 2.05) is 30.3 Å². The van der Waals surface area contributed by atoms with Gasteiger partial charge in [0.25, 0.3) is 0 Å². The first-order chi connectivity index (χ1) is 17.7. The van der Waals surface area contributed by atoms with Crippen LogP contribution in [0.1, 0.15) is 22.4 Å². The van der Waals surface area contributed by atoms with Crippen molar-refractivity contribution in [2.45, 2.75) is 19.5 Å². The van der Waals surface area contributed by atoms with Gasteiger partial charge in [0, 0.05) is 29.7 Å². The molecule has 184 valence electrons. The van der Waals surface area contributed by atoms with Crippen molar-refractivity contribution >= 4 is 58.0 Å². The molecule has 3 aromatic heterocycles. The molecule has 6 rings (SSSR count). The maximum absolute atomic E-state index is 6.14. The van der Waals surface area contributed by atoms with Gasteiger partial charge in [-0.15, -0.1) is 17.5 Å². The van der Waals surface area contributed by atoms with Gasteiger partial charge >= 0.3 is 0 Å². The van der Waals surface area contributed by atoms with Gasteiger partial charge in [0.05, 0.1) is 16.7 Å². The fourth-order valence-corrected chi connectivity index (χ4v) is 4.73.